The average Bonchev–Trinajstić information content (AvgIpc) is 2.20. The highest BCUT2D eigenvalue weighted by Gasteiger charge is 2.19. The molecule has 0 aliphatic rings. The maximum Gasteiger partial charge on any atom is 0.218 e. The van der Waals surface area contributed by atoms with Gasteiger partial charge in [0.05, 0.1) is 5.75 Å². The predicted molar refractivity (Wildman–Crippen MR) is 70.9 cm³/mol. The summed E-state index contributed by atoms with van der Waals surface area (Å²) in [6.45, 7) is 4.53. The van der Waals surface area contributed by atoms with Gasteiger partial charge in [0.15, 0.2) is 0 Å². The molecule has 1 rings (SSSR count). The molecule has 0 aliphatic carbocycles. The molecule has 17 heavy (non-hydrogen) atoms. The lowest BCUT2D eigenvalue weighted by Gasteiger charge is -2.19. The summed E-state index contributed by atoms with van der Waals surface area (Å²) in [6.07, 6.45) is 0. The van der Waals surface area contributed by atoms with Gasteiger partial charge in [0.25, 0.3) is 0 Å². The van der Waals surface area contributed by atoms with Crippen molar-refractivity contribution in [2.24, 2.45) is 5.92 Å². The largest absolute Gasteiger partial charge is 0.399 e. The van der Waals surface area contributed by atoms with E-state index < -0.39 is 10.0 Å². The molecule has 1 aromatic rings. The molecule has 1 aromatic carbocycles. The summed E-state index contributed by atoms with van der Waals surface area (Å²) in [5.74, 6) is 0.345. The van der Waals surface area contributed by atoms with Crippen LogP contribution in [0.25, 0.3) is 0 Å². The summed E-state index contributed by atoms with van der Waals surface area (Å²) >= 11 is 0. The minimum absolute atomic E-state index is 0.0243. The minimum atomic E-state index is -3.23. The van der Waals surface area contributed by atoms with Crippen LogP contribution in [0.5, 0.6) is 0 Å². The molecule has 0 unspecified atom stereocenters. The van der Waals surface area contributed by atoms with E-state index >= 15 is 0 Å². The molecule has 0 saturated carbocycles. The maximum atomic E-state index is 12.0. The Morgan fingerprint density at radius 2 is 1.76 bits per heavy atom. The van der Waals surface area contributed by atoms with Crippen molar-refractivity contribution in [3.63, 3.8) is 0 Å². The second-order valence-electron chi connectivity index (χ2n) is 4.67. The van der Waals surface area contributed by atoms with Crippen molar-refractivity contribution in [3.05, 3.63) is 29.8 Å². The fraction of sp³-hybridized carbons (Fsp3) is 0.500. The molecule has 0 aliphatic heterocycles. The van der Waals surface area contributed by atoms with Crippen LogP contribution in [0.15, 0.2) is 24.3 Å². The average molecular weight is 256 g/mol. The number of rotatable bonds is 5. The van der Waals surface area contributed by atoms with Crippen molar-refractivity contribution >= 4 is 15.7 Å². The SMILES string of the molecule is CC(C)CN(C)S(=O)(=O)Cc1ccc(N)cc1. The number of benzene rings is 1. The van der Waals surface area contributed by atoms with Crippen LogP contribution in [0.1, 0.15) is 19.4 Å². The van der Waals surface area contributed by atoms with Crippen LogP contribution < -0.4 is 5.73 Å². The number of anilines is 1. The lowest BCUT2D eigenvalue weighted by molar-refractivity contribution is 0.416. The van der Waals surface area contributed by atoms with E-state index in [2.05, 4.69) is 0 Å². The Morgan fingerprint density at radius 3 is 2.24 bits per heavy atom. The first kappa shape index (κ1) is 14.0. The first-order chi connectivity index (χ1) is 7.81. The number of nitrogens with zero attached hydrogens (tertiary/aromatic N) is 1. The molecule has 0 saturated heterocycles. The summed E-state index contributed by atoms with van der Waals surface area (Å²) in [5.41, 5.74) is 6.96. The molecule has 96 valence electrons. The lowest BCUT2D eigenvalue weighted by Crippen LogP contribution is -2.31. The quantitative estimate of drug-likeness (QED) is 0.815. The van der Waals surface area contributed by atoms with E-state index in [1.807, 2.05) is 13.8 Å². The fourth-order valence-electron chi connectivity index (χ4n) is 1.56. The zero-order valence-electron chi connectivity index (χ0n) is 10.6. The Morgan fingerprint density at radius 1 is 1.24 bits per heavy atom. The second kappa shape index (κ2) is 5.51. The first-order valence-corrected chi connectivity index (χ1v) is 7.20. The molecule has 0 radical (unpaired) electrons. The van der Waals surface area contributed by atoms with E-state index in [1.54, 1.807) is 31.3 Å². The topological polar surface area (TPSA) is 63.4 Å². The minimum Gasteiger partial charge on any atom is -0.399 e. The first-order valence-electron chi connectivity index (χ1n) is 5.59. The molecular formula is C12H20N2O2S. The molecule has 0 fully saturated rings. The third-order valence-corrected chi connectivity index (χ3v) is 4.22. The van der Waals surface area contributed by atoms with Crippen molar-refractivity contribution in [2.45, 2.75) is 19.6 Å². The molecule has 2 N–H and O–H groups in total. The van der Waals surface area contributed by atoms with Crippen LogP contribution in [0.4, 0.5) is 5.69 Å². The Kier molecular flexibility index (Phi) is 4.54. The van der Waals surface area contributed by atoms with Gasteiger partial charge in [-0.1, -0.05) is 26.0 Å². The molecular weight excluding hydrogens is 236 g/mol. The van der Waals surface area contributed by atoms with Gasteiger partial charge in [0.2, 0.25) is 10.0 Å². The number of nitrogen functional groups attached to an aromatic ring is 1. The highest BCUT2D eigenvalue weighted by molar-refractivity contribution is 7.88. The zero-order chi connectivity index (χ0) is 13.1. The van der Waals surface area contributed by atoms with Gasteiger partial charge in [0.1, 0.15) is 0 Å². The molecule has 0 amide bonds. The van der Waals surface area contributed by atoms with Gasteiger partial charge in [0, 0.05) is 19.3 Å². The van der Waals surface area contributed by atoms with Crippen LogP contribution in [0.2, 0.25) is 0 Å². The van der Waals surface area contributed by atoms with Gasteiger partial charge < -0.3 is 5.73 Å². The molecule has 0 bridgehead atoms. The van der Waals surface area contributed by atoms with Crippen molar-refractivity contribution in [2.75, 3.05) is 19.3 Å². The summed E-state index contributed by atoms with van der Waals surface area (Å²) in [7, 11) is -1.61. The maximum absolute atomic E-state index is 12.0. The van der Waals surface area contributed by atoms with Crippen LogP contribution in [-0.2, 0) is 15.8 Å². The summed E-state index contributed by atoms with van der Waals surface area (Å²) < 4.78 is 25.4. The summed E-state index contributed by atoms with van der Waals surface area (Å²) in [5, 5.41) is 0. The van der Waals surface area contributed by atoms with Gasteiger partial charge in [-0.2, -0.15) is 0 Å². The van der Waals surface area contributed by atoms with Crippen molar-refractivity contribution < 1.29 is 8.42 Å². The molecule has 0 spiro atoms. The number of hydrogen-bond acceptors (Lipinski definition) is 3. The normalized spacial score (nSPS) is 12.3. The second-order valence-corrected chi connectivity index (χ2v) is 6.75. The van der Waals surface area contributed by atoms with E-state index in [0.717, 1.165) is 5.56 Å². The Hall–Kier alpha value is -1.07. The van der Waals surface area contributed by atoms with Crippen LogP contribution in [0.3, 0.4) is 0 Å². The molecule has 4 nitrogen and oxygen atoms in total. The van der Waals surface area contributed by atoms with Crippen molar-refractivity contribution in [1.29, 1.82) is 0 Å². The molecule has 0 heterocycles. The molecule has 0 atom stereocenters. The van der Waals surface area contributed by atoms with Gasteiger partial charge in [-0.15, -0.1) is 0 Å². The third kappa shape index (κ3) is 4.36. The fourth-order valence-corrected chi connectivity index (χ4v) is 2.92. The van der Waals surface area contributed by atoms with Gasteiger partial charge in [-0.3, -0.25) is 0 Å². The van der Waals surface area contributed by atoms with E-state index in [9.17, 15) is 8.42 Å². The van der Waals surface area contributed by atoms with Gasteiger partial charge in [-0.25, -0.2) is 12.7 Å². The smallest absolute Gasteiger partial charge is 0.218 e. The standard InChI is InChI=1S/C12H20N2O2S/c1-10(2)8-14(3)17(15,16)9-11-4-6-12(13)7-5-11/h4-7,10H,8-9,13H2,1-3H3. The van der Waals surface area contributed by atoms with Crippen LogP contribution >= 0.6 is 0 Å². The Bertz CT molecular complexity index is 452. The summed E-state index contributed by atoms with van der Waals surface area (Å²) in [6, 6.07) is 6.92. The highest BCUT2D eigenvalue weighted by Crippen LogP contribution is 2.12. The van der Waals surface area contributed by atoms with E-state index in [1.165, 1.54) is 4.31 Å². The monoisotopic (exact) mass is 256 g/mol. The Labute approximate surface area is 103 Å². The number of hydrogen-bond donors (Lipinski definition) is 1. The van der Waals surface area contributed by atoms with Gasteiger partial charge in [-0.05, 0) is 23.6 Å². The van der Waals surface area contributed by atoms with Crippen LogP contribution in [0, 0.1) is 5.92 Å². The van der Waals surface area contributed by atoms with E-state index in [4.69, 9.17) is 5.73 Å². The van der Waals surface area contributed by atoms with E-state index in [-0.39, 0.29) is 5.75 Å². The van der Waals surface area contributed by atoms with Crippen LogP contribution in [-0.4, -0.2) is 26.3 Å². The van der Waals surface area contributed by atoms with Crippen molar-refractivity contribution in [1.82, 2.24) is 4.31 Å². The summed E-state index contributed by atoms with van der Waals surface area (Å²) in [4.78, 5) is 0. The predicted octanol–water partition coefficient (Wildman–Crippen LogP) is 1.69. The number of nitrogens with two attached hydrogens (primary N) is 1. The Balaban J connectivity index is 2.76. The third-order valence-electron chi connectivity index (χ3n) is 2.43. The highest BCUT2D eigenvalue weighted by atomic mass is 32.2. The lowest BCUT2D eigenvalue weighted by atomic mass is 10.2. The van der Waals surface area contributed by atoms with Crippen molar-refractivity contribution in [3.8, 4) is 0 Å². The van der Waals surface area contributed by atoms with Gasteiger partial charge >= 0.3 is 0 Å². The molecule has 0 aromatic heterocycles. The number of sulfonamides is 1. The van der Waals surface area contributed by atoms with E-state index in [0.29, 0.717) is 18.2 Å². The zero-order valence-corrected chi connectivity index (χ0v) is 11.4. The molecule has 5 heteroatoms.